The molecular weight excluding hydrogens is 306 g/mol. The van der Waals surface area contributed by atoms with Crippen molar-refractivity contribution in [1.82, 2.24) is 24.4 Å². The number of hydrogen-bond acceptors (Lipinski definition) is 5. The topological polar surface area (TPSA) is 73.1 Å². The lowest BCUT2D eigenvalue weighted by Crippen LogP contribution is -2.36. The van der Waals surface area contributed by atoms with Gasteiger partial charge in [0.1, 0.15) is 11.5 Å². The molecule has 1 amide bonds. The third-order valence-electron chi connectivity index (χ3n) is 4.54. The molecule has 2 aromatic heterocycles. The van der Waals surface area contributed by atoms with Crippen molar-refractivity contribution in [3.05, 3.63) is 42.5 Å². The van der Waals surface area contributed by atoms with Gasteiger partial charge < -0.3 is 14.2 Å². The molecule has 0 radical (unpaired) electrons. The standard InChI is InChI=1S/C17H21N5O2/c23-17(15-7-18-3-4-19-15)22-9-14(12-24-11-13-1-2-13)8-21-6-5-20-16(21)10-22/h3-7,13-14H,1-2,8-12H2/t14-/m1/s1. The maximum atomic E-state index is 12.8. The van der Waals surface area contributed by atoms with Crippen LogP contribution in [0.1, 0.15) is 29.2 Å². The number of carbonyl (C=O) groups is 1. The first-order chi connectivity index (χ1) is 11.8. The average molecular weight is 327 g/mol. The van der Waals surface area contributed by atoms with Crippen LogP contribution in [0.15, 0.2) is 31.0 Å². The van der Waals surface area contributed by atoms with Crippen molar-refractivity contribution in [2.24, 2.45) is 11.8 Å². The molecule has 1 saturated carbocycles. The van der Waals surface area contributed by atoms with Gasteiger partial charge in [-0.15, -0.1) is 0 Å². The molecular formula is C17H21N5O2. The van der Waals surface area contributed by atoms with Crippen molar-refractivity contribution in [1.29, 1.82) is 0 Å². The van der Waals surface area contributed by atoms with Crippen molar-refractivity contribution in [3.8, 4) is 0 Å². The molecule has 7 heteroatoms. The lowest BCUT2D eigenvalue weighted by Gasteiger charge is -2.23. The van der Waals surface area contributed by atoms with E-state index in [9.17, 15) is 4.79 Å². The highest BCUT2D eigenvalue weighted by Gasteiger charge is 2.28. The summed E-state index contributed by atoms with van der Waals surface area (Å²) < 4.78 is 8.00. The van der Waals surface area contributed by atoms with Gasteiger partial charge in [0.25, 0.3) is 5.91 Å². The highest BCUT2D eigenvalue weighted by molar-refractivity contribution is 5.91. The summed E-state index contributed by atoms with van der Waals surface area (Å²) in [4.78, 5) is 27.1. The van der Waals surface area contributed by atoms with E-state index in [4.69, 9.17) is 4.74 Å². The molecule has 1 fully saturated rings. The van der Waals surface area contributed by atoms with Crippen molar-refractivity contribution in [2.75, 3.05) is 19.8 Å². The maximum absolute atomic E-state index is 12.8. The van der Waals surface area contributed by atoms with Gasteiger partial charge in [0.15, 0.2) is 0 Å². The second kappa shape index (κ2) is 6.68. The molecule has 0 spiro atoms. The fourth-order valence-electron chi connectivity index (χ4n) is 3.06. The van der Waals surface area contributed by atoms with Crippen LogP contribution in [0, 0.1) is 11.8 Å². The first-order valence-electron chi connectivity index (χ1n) is 8.42. The van der Waals surface area contributed by atoms with E-state index in [-0.39, 0.29) is 11.8 Å². The van der Waals surface area contributed by atoms with Gasteiger partial charge in [-0.25, -0.2) is 9.97 Å². The van der Waals surface area contributed by atoms with Gasteiger partial charge in [-0.05, 0) is 18.8 Å². The van der Waals surface area contributed by atoms with E-state index in [1.807, 2.05) is 6.20 Å². The zero-order chi connectivity index (χ0) is 16.4. The molecule has 1 atom stereocenters. The fraction of sp³-hybridized carbons (Fsp3) is 0.529. The van der Waals surface area contributed by atoms with Gasteiger partial charge in [0.05, 0.1) is 19.3 Å². The molecule has 0 bridgehead atoms. The number of imidazole rings is 1. The minimum atomic E-state index is -0.105. The highest BCUT2D eigenvalue weighted by Crippen LogP contribution is 2.29. The quantitative estimate of drug-likeness (QED) is 0.829. The average Bonchev–Trinajstić information content (AvgIpc) is 3.37. The van der Waals surface area contributed by atoms with E-state index in [0.717, 1.165) is 24.9 Å². The first kappa shape index (κ1) is 15.3. The number of aromatic nitrogens is 4. The van der Waals surface area contributed by atoms with Gasteiger partial charge in [0.2, 0.25) is 0 Å². The molecule has 24 heavy (non-hydrogen) atoms. The Morgan fingerprint density at radius 2 is 2.00 bits per heavy atom. The van der Waals surface area contributed by atoms with Crippen LogP contribution in [0.25, 0.3) is 0 Å². The maximum Gasteiger partial charge on any atom is 0.274 e. The Balaban J connectivity index is 1.49. The Morgan fingerprint density at radius 3 is 2.79 bits per heavy atom. The van der Waals surface area contributed by atoms with Crippen molar-refractivity contribution < 1.29 is 9.53 Å². The minimum absolute atomic E-state index is 0.105. The third-order valence-corrected chi connectivity index (χ3v) is 4.54. The molecule has 0 saturated heterocycles. The number of rotatable bonds is 5. The molecule has 1 aliphatic carbocycles. The number of amides is 1. The van der Waals surface area contributed by atoms with E-state index in [2.05, 4.69) is 19.5 Å². The second-order valence-corrected chi connectivity index (χ2v) is 6.62. The summed E-state index contributed by atoms with van der Waals surface area (Å²) in [7, 11) is 0. The van der Waals surface area contributed by atoms with E-state index < -0.39 is 0 Å². The van der Waals surface area contributed by atoms with Crippen LogP contribution in [0.2, 0.25) is 0 Å². The summed E-state index contributed by atoms with van der Waals surface area (Å²) in [5.41, 5.74) is 0.371. The van der Waals surface area contributed by atoms with Crippen molar-refractivity contribution in [2.45, 2.75) is 25.9 Å². The predicted molar refractivity (Wildman–Crippen MR) is 86.0 cm³/mol. The SMILES string of the molecule is O=C(c1cnccn1)N1Cc2nccn2C[C@@H](COCC2CC2)C1. The predicted octanol–water partition coefficient (Wildman–Crippen LogP) is 1.37. The van der Waals surface area contributed by atoms with Gasteiger partial charge >= 0.3 is 0 Å². The van der Waals surface area contributed by atoms with Crippen LogP contribution in [-0.2, 0) is 17.8 Å². The lowest BCUT2D eigenvalue weighted by atomic mass is 10.1. The summed E-state index contributed by atoms with van der Waals surface area (Å²) in [6.07, 6.45) is 11.0. The van der Waals surface area contributed by atoms with Crippen LogP contribution in [-0.4, -0.2) is 50.1 Å². The normalized spacial score (nSPS) is 20.5. The smallest absolute Gasteiger partial charge is 0.274 e. The monoisotopic (exact) mass is 327 g/mol. The van der Waals surface area contributed by atoms with E-state index in [1.54, 1.807) is 23.5 Å². The Bertz CT molecular complexity index is 698. The summed E-state index contributed by atoms with van der Waals surface area (Å²) in [5, 5.41) is 0. The van der Waals surface area contributed by atoms with E-state index in [0.29, 0.717) is 25.4 Å². The molecule has 4 rings (SSSR count). The summed E-state index contributed by atoms with van der Waals surface area (Å²) in [5.74, 6) is 1.79. The number of carbonyl (C=O) groups excluding carboxylic acids is 1. The molecule has 0 aromatic carbocycles. The number of ether oxygens (including phenoxy) is 1. The minimum Gasteiger partial charge on any atom is -0.381 e. The molecule has 2 aromatic rings. The largest absolute Gasteiger partial charge is 0.381 e. The Hall–Kier alpha value is -2.28. The molecule has 3 heterocycles. The van der Waals surface area contributed by atoms with Crippen LogP contribution in [0.3, 0.4) is 0 Å². The number of hydrogen-bond donors (Lipinski definition) is 0. The molecule has 7 nitrogen and oxygen atoms in total. The Kier molecular flexibility index (Phi) is 4.25. The Morgan fingerprint density at radius 1 is 1.12 bits per heavy atom. The molecule has 1 aliphatic heterocycles. The highest BCUT2D eigenvalue weighted by atomic mass is 16.5. The van der Waals surface area contributed by atoms with E-state index in [1.165, 1.54) is 19.0 Å². The van der Waals surface area contributed by atoms with Gasteiger partial charge in [-0.1, -0.05) is 0 Å². The van der Waals surface area contributed by atoms with Gasteiger partial charge in [0, 0.05) is 50.4 Å². The van der Waals surface area contributed by atoms with E-state index >= 15 is 0 Å². The summed E-state index contributed by atoms with van der Waals surface area (Å²) >= 11 is 0. The summed E-state index contributed by atoms with van der Waals surface area (Å²) in [6.45, 7) is 3.46. The number of fused-ring (bicyclic) bond motifs is 1. The lowest BCUT2D eigenvalue weighted by molar-refractivity contribution is 0.0567. The van der Waals surface area contributed by atoms with Crippen LogP contribution < -0.4 is 0 Å². The fourth-order valence-corrected chi connectivity index (χ4v) is 3.06. The molecule has 2 aliphatic rings. The zero-order valence-corrected chi connectivity index (χ0v) is 13.5. The van der Waals surface area contributed by atoms with Crippen LogP contribution in [0.4, 0.5) is 0 Å². The number of nitrogens with zero attached hydrogens (tertiary/aromatic N) is 5. The Labute approximate surface area is 140 Å². The molecule has 0 unspecified atom stereocenters. The van der Waals surface area contributed by atoms with Crippen LogP contribution >= 0.6 is 0 Å². The zero-order valence-electron chi connectivity index (χ0n) is 13.5. The third kappa shape index (κ3) is 3.46. The van der Waals surface area contributed by atoms with Gasteiger partial charge in [-0.3, -0.25) is 9.78 Å². The van der Waals surface area contributed by atoms with Gasteiger partial charge in [-0.2, -0.15) is 0 Å². The molecule has 0 N–H and O–H groups in total. The summed E-state index contributed by atoms with van der Waals surface area (Å²) in [6, 6.07) is 0. The second-order valence-electron chi connectivity index (χ2n) is 6.62. The van der Waals surface area contributed by atoms with Crippen molar-refractivity contribution in [3.63, 3.8) is 0 Å². The molecule has 126 valence electrons. The first-order valence-corrected chi connectivity index (χ1v) is 8.42. The van der Waals surface area contributed by atoms with Crippen LogP contribution in [0.5, 0.6) is 0 Å². The van der Waals surface area contributed by atoms with Crippen molar-refractivity contribution >= 4 is 5.91 Å².